The van der Waals surface area contributed by atoms with Gasteiger partial charge in [-0.05, 0) is 18.9 Å². The Hall–Kier alpha value is -2.63. The third kappa shape index (κ3) is 2.68. The van der Waals surface area contributed by atoms with Gasteiger partial charge in [0.25, 0.3) is 5.91 Å². The number of carbonyl (C=O) groups excluding carboxylic acids is 2. The van der Waals surface area contributed by atoms with E-state index < -0.39 is 17.4 Å². The van der Waals surface area contributed by atoms with E-state index in [1.807, 2.05) is 6.07 Å². The van der Waals surface area contributed by atoms with Crippen molar-refractivity contribution in [1.29, 1.82) is 0 Å². The van der Waals surface area contributed by atoms with E-state index in [0.717, 1.165) is 19.3 Å². The maximum Gasteiger partial charge on any atom is 0.329 e. The van der Waals surface area contributed by atoms with Gasteiger partial charge in [0.2, 0.25) is 5.91 Å². The zero-order valence-electron chi connectivity index (χ0n) is 13.4. The number of benzene rings is 1. The highest BCUT2D eigenvalue weighted by atomic mass is 16.4. The molecule has 1 fully saturated rings. The predicted molar refractivity (Wildman–Crippen MR) is 88.1 cm³/mol. The highest BCUT2D eigenvalue weighted by Gasteiger charge is 2.42. The lowest BCUT2D eigenvalue weighted by Crippen LogP contribution is -2.57. The zero-order valence-corrected chi connectivity index (χ0v) is 13.4. The Balaban J connectivity index is 1.73. The summed E-state index contributed by atoms with van der Waals surface area (Å²) in [5, 5.41) is 12.2. The highest BCUT2D eigenvalue weighted by molar-refractivity contribution is 6.10. The second-order valence-electron chi connectivity index (χ2n) is 6.38. The van der Waals surface area contributed by atoms with Gasteiger partial charge in [-0.25, -0.2) is 4.79 Å². The quantitative estimate of drug-likeness (QED) is 0.885. The second-order valence-corrected chi connectivity index (χ2v) is 6.38. The molecule has 24 heavy (non-hydrogen) atoms. The van der Waals surface area contributed by atoms with Crippen molar-refractivity contribution in [2.75, 3.05) is 6.54 Å². The molecule has 126 valence electrons. The fourth-order valence-corrected chi connectivity index (χ4v) is 3.50. The van der Waals surface area contributed by atoms with Crippen LogP contribution in [0.3, 0.4) is 0 Å². The first-order chi connectivity index (χ1) is 11.4. The third-order valence-corrected chi connectivity index (χ3v) is 4.84. The molecule has 0 spiro atoms. The number of aliphatic carboxylic acids is 1. The first kappa shape index (κ1) is 16.2. The molecular formula is C18H20N2O4. The van der Waals surface area contributed by atoms with Crippen molar-refractivity contribution >= 4 is 23.5 Å². The van der Waals surface area contributed by atoms with E-state index >= 15 is 0 Å². The molecule has 1 aliphatic heterocycles. The average molecular weight is 328 g/mol. The summed E-state index contributed by atoms with van der Waals surface area (Å²) < 4.78 is 0. The van der Waals surface area contributed by atoms with Crippen LogP contribution in [0.5, 0.6) is 0 Å². The second kappa shape index (κ2) is 6.11. The van der Waals surface area contributed by atoms with Gasteiger partial charge < -0.3 is 10.4 Å². The minimum absolute atomic E-state index is 0.221. The van der Waals surface area contributed by atoms with Crippen molar-refractivity contribution < 1.29 is 19.5 Å². The molecule has 2 N–H and O–H groups in total. The molecule has 0 bridgehead atoms. The summed E-state index contributed by atoms with van der Waals surface area (Å²) in [7, 11) is 0. The van der Waals surface area contributed by atoms with Gasteiger partial charge in [0.05, 0.1) is 0 Å². The first-order valence-electron chi connectivity index (χ1n) is 8.09. The zero-order chi connectivity index (χ0) is 17.3. The Kier molecular flexibility index (Phi) is 4.13. The van der Waals surface area contributed by atoms with E-state index in [1.165, 1.54) is 4.90 Å². The van der Waals surface area contributed by atoms with Gasteiger partial charge in [-0.15, -0.1) is 0 Å². The number of nitrogens with zero attached hydrogens (tertiary/aromatic N) is 1. The summed E-state index contributed by atoms with van der Waals surface area (Å²) >= 11 is 0. The first-order valence-corrected chi connectivity index (χ1v) is 8.09. The van der Waals surface area contributed by atoms with Crippen molar-refractivity contribution in [2.45, 2.75) is 37.6 Å². The maximum atomic E-state index is 12.4. The third-order valence-electron chi connectivity index (χ3n) is 4.84. The molecule has 0 saturated heterocycles. The van der Waals surface area contributed by atoms with Crippen molar-refractivity contribution in [3.8, 4) is 0 Å². The molecule has 3 rings (SSSR count). The number of carbonyl (C=O) groups is 3. The number of fused-ring (bicyclic) bond motifs is 1. The van der Waals surface area contributed by atoms with Crippen LogP contribution in [0, 0.1) is 0 Å². The van der Waals surface area contributed by atoms with E-state index in [0.29, 0.717) is 29.7 Å². The summed E-state index contributed by atoms with van der Waals surface area (Å²) in [6, 6.07) is 7.05. The molecule has 2 aliphatic rings. The Morgan fingerprint density at radius 2 is 1.79 bits per heavy atom. The van der Waals surface area contributed by atoms with Gasteiger partial charge in [-0.2, -0.15) is 0 Å². The Morgan fingerprint density at radius 3 is 2.38 bits per heavy atom. The van der Waals surface area contributed by atoms with E-state index in [4.69, 9.17) is 0 Å². The fraction of sp³-hybridized carbons (Fsp3) is 0.389. The van der Waals surface area contributed by atoms with Gasteiger partial charge in [0.15, 0.2) is 0 Å². The minimum atomic E-state index is -1.22. The molecule has 1 saturated carbocycles. The van der Waals surface area contributed by atoms with Crippen LogP contribution in [-0.4, -0.2) is 39.9 Å². The largest absolute Gasteiger partial charge is 0.480 e. The number of nitrogens with one attached hydrogen (secondary N) is 1. The molecule has 0 aromatic heterocycles. The summed E-state index contributed by atoms with van der Waals surface area (Å²) in [4.78, 5) is 37.8. The standard InChI is InChI=1S/C18H20N2O4/c1-12-13-7-3-4-8-14(13)16(22)20(12)11-15(21)19-18(17(23)24)9-5-2-6-10-18/h3-4,7-8H,1-2,5-6,9-11H2,(H,19,21)(H,23,24). The van der Waals surface area contributed by atoms with E-state index in [1.54, 1.807) is 18.2 Å². The molecule has 2 amide bonds. The molecular weight excluding hydrogens is 308 g/mol. The topological polar surface area (TPSA) is 86.7 Å². The molecule has 1 aromatic rings. The number of hydrogen-bond acceptors (Lipinski definition) is 3. The van der Waals surface area contributed by atoms with Crippen molar-refractivity contribution in [3.63, 3.8) is 0 Å². The summed E-state index contributed by atoms with van der Waals surface area (Å²) in [5.41, 5.74) is 0.479. The van der Waals surface area contributed by atoms with Crippen LogP contribution < -0.4 is 5.32 Å². The summed E-state index contributed by atoms with van der Waals surface area (Å²) in [5.74, 6) is -1.76. The van der Waals surface area contributed by atoms with Gasteiger partial charge in [-0.1, -0.05) is 44.0 Å². The van der Waals surface area contributed by atoms with Gasteiger partial charge in [-0.3, -0.25) is 14.5 Å². The lowest BCUT2D eigenvalue weighted by atomic mass is 9.81. The van der Waals surface area contributed by atoms with Crippen LogP contribution in [0.2, 0.25) is 0 Å². The highest BCUT2D eigenvalue weighted by Crippen LogP contribution is 2.32. The van der Waals surface area contributed by atoms with Gasteiger partial charge in [0, 0.05) is 16.8 Å². The number of rotatable bonds is 4. The Bertz CT molecular complexity index is 684. The Labute approximate surface area is 140 Å². The predicted octanol–water partition coefficient (Wildman–Crippen LogP) is 2.02. The monoisotopic (exact) mass is 328 g/mol. The van der Waals surface area contributed by atoms with Crippen LogP contribution in [-0.2, 0) is 9.59 Å². The van der Waals surface area contributed by atoms with E-state index in [2.05, 4.69) is 11.9 Å². The molecule has 0 unspecified atom stereocenters. The number of carboxylic acids is 1. The van der Waals surface area contributed by atoms with Crippen LogP contribution in [0.1, 0.15) is 48.0 Å². The fourth-order valence-electron chi connectivity index (χ4n) is 3.50. The molecule has 0 radical (unpaired) electrons. The lowest BCUT2D eigenvalue weighted by Gasteiger charge is -2.34. The molecule has 6 nitrogen and oxygen atoms in total. The Morgan fingerprint density at radius 1 is 1.17 bits per heavy atom. The minimum Gasteiger partial charge on any atom is -0.480 e. The van der Waals surface area contributed by atoms with Crippen LogP contribution >= 0.6 is 0 Å². The average Bonchev–Trinajstić information content (AvgIpc) is 2.81. The van der Waals surface area contributed by atoms with Crippen molar-refractivity contribution in [3.05, 3.63) is 42.0 Å². The van der Waals surface area contributed by atoms with Crippen LogP contribution in [0.25, 0.3) is 5.70 Å². The number of carboxylic acid groups (broad SMARTS) is 1. The smallest absolute Gasteiger partial charge is 0.329 e. The molecule has 1 aliphatic carbocycles. The summed E-state index contributed by atoms with van der Waals surface area (Å²) in [6.07, 6.45) is 3.36. The number of hydrogen-bond donors (Lipinski definition) is 2. The van der Waals surface area contributed by atoms with Crippen molar-refractivity contribution in [1.82, 2.24) is 10.2 Å². The van der Waals surface area contributed by atoms with Crippen LogP contribution in [0.15, 0.2) is 30.8 Å². The van der Waals surface area contributed by atoms with E-state index in [-0.39, 0.29) is 12.5 Å². The van der Waals surface area contributed by atoms with Crippen LogP contribution in [0.4, 0.5) is 0 Å². The molecule has 1 aromatic carbocycles. The lowest BCUT2D eigenvalue weighted by molar-refractivity contribution is -0.149. The van der Waals surface area contributed by atoms with Gasteiger partial charge >= 0.3 is 5.97 Å². The molecule has 0 atom stereocenters. The normalized spacial score (nSPS) is 19.1. The van der Waals surface area contributed by atoms with E-state index in [9.17, 15) is 19.5 Å². The SMILES string of the molecule is C=C1c2ccccc2C(=O)N1CC(=O)NC1(C(=O)O)CCCCC1. The number of amides is 2. The van der Waals surface area contributed by atoms with Gasteiger partial charge in [0.1, 0.15) is 12.1 Å². The summed E-state index contributed by atoms with van der Waals surface area (Å²) in [6.45, 7) is 3.67. The molecule has 1 heterocycles. The maximum absolute atomic E-state index is 12.4. The van der Waals surface area contributed by atoms with Crippen molar-refractivity contribution in [2.24, 2.45) is 0 Å². The molecule has 6 heteroatoms.